The van der Waals surface area contributed by atoms with E-state index in [9.17, 15) is 0 Å². The van der Waals surface area contributed by atoms with Crippen molar-refractivity contribution in [3.05, 3.63) is 7.11 Å². The summed E-state index contributed by atoms with van der Waals surface area (Å²) in [5, 5.41) is 3.24. The van der Waals surface area contributed by atoms with Gasteiger partial charge in [0.1, 0.15) is 0 Å². The van der Waals surface area contributed by atoms with Gasteiger partial charge in [-0.3, -0.25) is 0 Å². The van der Waals surface area contributed by atoms with E-state index in [0.717, 1.165) is 25.9 Å². The fourth-order valence-electron chi connectivity index (χ4n) is 0.962. The molecule has 8 heavy (non-hydrogen) atoms. The van der Waals surface area contributed by atoms with Gasteiger partial charge in [0.25, 0.3) is 0 Å². The Morgan fingerprint density at radius 3 is 2.38 bits per heavy atom. The fourth-order valence-corrected chi connectivity index (χ4v) is 0.962. The Balaban J connectivity index is 2.13. The molecule has 1 radical (unpaired) electrons. The molecule has 2 heteroatoms. The first-order chi connectivity index (χ1) is 3.93. The van der Waals surface area contributed by atoms with Crippen molar-refractivity contribution in [1.29, 1.82) is 0 Å². The van der Waals surface area contributed by atoms with Crippen LogP contribution in [0.25, 0.3) is 0 Å². The molecule has 0 aromatic carbocycles. The molecule has 0 unspecified atom stereocenters. The zero-order valence-corrected chi connectivity index (χ0v) is 5.02. The van der Waals surface area contributed by atoms with Gasteiger partial charge in [-0.2, -0.15) is 0 Å². The summed E-state index contributed by atoms with van der Waals surface area (Å²) in [6, 6.07) is 0. The number of hydrogen-bond acceptors (Lipinski definition) is 2. The molecule has 0 amide bonds. The second-order valence-corrected chi connectivity index (χ2v) is 2.12. The minimum absolute atomic E-state index is 0.413. The van der Waals surface area contributed by atoms with Crippen molar-refractivity contribution >= 4 is 0 Å². The highest BCUT2D eigenvalue weighted by Crippen LogP contribution is 2.04. The molecule has 1 saturated heterocycles. The molecule has 0 bridgehead atoms. The van der Waals surface area contributed by atoms with Crippen molar-refractivity contribution in [1.82, 2.24) is 5.32 Å². The molecular weight excluding hydrogens is 102 g/mol. The first-order valence-corrected chi connectivity index (χ1v) is 3.05. The molecule has 1 heterocycles. The monoisotopic (exact) mass is 114 g/mol. The second-order valence-electron chi connectivity index (χ2n) is 2.12. The van der Waals surface area contributed by atoms with E-state index >= 15 is 0 Å². The predicted molar refractivity (Wildman–Crippen MR) is 32.3 cm³/mol. The summed E-state index contributed by atoms with van der Waals surface area (Å²) in [5.74, 6) is 0. The van der Waals surface area contributed by atoms with Crippen LogP contribution in [0.2, 0.25) is 0 Å². The number of nitrogens with one attached hydrogen (secondary N) is 1. The lowest BCUT2D eigenvalue weighted by Gasteiger charge is -2.20. The van der Waals surface area contributed by atoms with Crippen molar-refractivity contribution in [2.24, 2.45) is 0 Å². The molecule has 0 saturated carbocycles. The summed E-state index contributed by atoms with van der Waals surface area (Å²) in [7, 11) is 3.38. The van der Waals surface area contributed by atoms with Crippen LogP contribution in [0.4, 0.5) is 0 Å². The molecular formula is C6H12NO. The largest absolute Gasteiger partial charge is 0.376 e. The summed E-state index contributed by atoms with van der Waals surface area (Å²) in [4.78, 5) is 0. The van der Waals surface area contributed by atoms with Gasteiger partial charge in [-0.25, -0.2) is 0 Å². The van der Waals surface area contributed by atoms with Crippen molar-refractivity contribution in [2.45, 2.75) is 18.9 Å². The Morgan fingerprint density at radius 2 is 2.00 bits per heavy atom. The van der Waals surface area contributed by atoms with Crippen molar-refractivity contribution in [3.8, 4) is 0 Å². The Kier molecular flexibility index (Phi) is 2.30. The van der Waals surface area contributed by atoms with Gasteiger partial charge in [-0.05, 0) is 25.9 Å². The third-order valence-electron chi connectivity index (χ3n) is 1.52. The summed E-state index contributed by atoms with van der Waals surface area (Å²) >= 11 is 0. The standard InChI is InChI=1S/C6H12NO/c1-8-6-2-4-7-5-3-6/h6-7H,1-5H2. The van der Waals surface area contributed by atoms with Crippen LogP contribution < -0.4 is 5.32 Å². The zero-order chi connectivity index (χ0) is 5.82. The van der Waals surface area contributed by atoms with E-state index in [0.29, 0.717) is 6.10 Å². The van der Waals surface area contributed by atoms with Crippen LogP contribution in [0.15, 0.2) is 0 Å². The van der Waals surface area contributed by atoms with E-state index in [1.807, 2.05) is 0 Å². The van der Waals surface area contributed by atoms with Gasteiger partial charge in [0.15, 0.2) is 0 Å². The van der Waals surface area contributed by atoms with Gasteiger partial charge in [0.2, 0.25) is 0 Å². The zero-order valence-electron chi connectivity index (χ0n) is 5.02. The SMILES string of the molecule is [CH2]OC1CCNCC1. The highest BCUT2D eigenvalue weighted by atomic mass is 16.5. The van der Waals surface area contributed by atoms with Gasteiger partial charge in [-0.15, -0.1) is 0 Å². The lowest BCUT2D eigenvalue weighted by molar-refractivity contribution is 0.107. The van der Waals surface area contributed by atoms with Crippen LogP contribution in [-0.2, 0) is 4.74 Å². The molecule has 1 fully saturated rings. The normalized spacial score (nSPS) is 23.6. The average Bonchev–Trinajstić information content (AvgIpc) is 1.90. The van der Waals surface area contributed by atoms with Crippen LogP contribution in [0, 0.1) is 7.11 Å². The van der Waals surface area contributed by atoms with Crippen molar-refractivity contribution < 1.29 is 4.74 Å². The molecule has 0 aromatic heterocycles. The fraction of sp³-hybridized carbons (Fsp3) is 0.833. The van der Waals surface area contributed by atoms with E-state index in [-0.39, 0.29) is 0 Å². The maximum Gasteiger partial charge on any atom is 0.0704 e. The molecule has 0 atom stereocenters. The van der Waals surface area contributed by atoms with Crippen LogP contribution in [0.3, 0.4) is 0 Å². The van der Waals surface area contributed by atoms with E-state index in [1.165, 1.54) is 0 Å². The Hall–Kier alpha value is -0.0800. The second kappa shape index (κ2) is 3.05. The molecule has 1 aliphatic heterocycles. The van der Waals surface area contributed by atoms with Gasteiger partial charge < -0.3 is 10.1 Å². The predicted octanol–water partition coefficient (Wildman–Crippen LogP) is 0.547. The maximum atomic E-state index is 4.90. The minimum Gasteiger partial charge on any atom is -0.376 e. The molecule has 1 rings (SSSR count). The first-order valence-electron chi connectivity index (χ1n) is 3.05. The maximum absolute atomic E-state index is 4.90. The average molecular weight is 114 g/mol. The highest BCUT2D eigenvalue weighted by molar-refractivity contribution is 4.67. The number of ether oxygens (including phenoxy) is 1. The summed E-state index contributed by atoms with van der Waals surface area (Å²) in [5.41, 5.74) is 0. The Bertz CT molecular complexity index is 59.5. The summed E-state index contributed by atoms with van der Waals surface area (Å²) < 4.78 is 4.90. The number of rotatable bonds is 1. The number of piperidine rings is 1. The first kappa shape index (κ1) is 6.05. The minimum atomic E-state index is 0.413. The summed E-state index contributed by atoms with van der Waals surface area (Å²) in [6.45, 7) is 2.17. The Labute approximate surface area is 50.2 Å². The quantitative estimate of drug-likeness (QED) is 0.537. The molecule has 2 nitrogen and oxygen atoms in total. The van der Waals surface area contributed by atoms with E-state index in [2.05, 4.69) is 12.4 Å². The van der Waals surface area contributed by atoms with E-state index < -0.39 is 0 Å². The van der Waals surface area contributed by atoms with Gasteiger partial charge in [0, 0.05) is 0 Å². The third kappa shape index (κ3) is 1.46. The van der Waals surface area contributed by atoms with Gasteiger partial charge in [-0.1, -0.05) is 0 Å². The van der Waals surface area contributed by atoms with E-state index in [1.54, 1.807) is 0 Å². The molecule has 0 spiro atoms. The highest BCUT2D eigenvalue weighted by Gasteiger charge is 2.09. The smallest absolute Gasteiger partial charge is 0.0704 e. The third-order valence-corrected chi connectivity index (χ3v) is 1.52. The lowest BCUT2D eigenvalue weighted by atomic mass is 10.1. The van der Waals surface area contributed by atoms with Crippen LogP contribution >= 0.6 is 0 Å². The van der Waals surface area contributed by atoms with Gasteiger partial charge >= 0.3 is 0 Å². The van der Waals surface area contributed by atoms with Gasteiger partial charge in [0.05, 0.1) is 13.2 Å². The van der Waals surface area contributed by atoms with E-state index in [4.69, 9.17) is 4.74 Å². The molecule has 47 valence electrons. The topological polar surface area (TPSA) is 21.3 Å². The van der Waals surface area contributed by atoms with Crippen LogP contribution in [0.1, 0.15) is 12.8 Å². The van der Waals surface area contributed by atoms with Crippen molar-refractivity contribution in [3.63, 3.8) is 0 Å². The van der Waals surface area contributed by atoms with Crippen LogP contribution in [0.5, 0.6) is 0 Å². The molecule has 0 aromatic rings. The van der Waals surface area contributed by atoms with Crippen LogP contribution in [-0.4, -0.2) is 19.2 Å². The molecule has 1 N–H and O–H groups in total. The van der Waals surface area contributed by atoms with Crippen molar-refractivity contribution in [2.75, 3.05) is 13.1 Å². The summed E-state index contributed by atoms with van der Waals surface area (Å²) in [6.07, 6.45) is 2.64. The Morgan fingerprint density at radius 1 is 1.38 bits per heavy atom. The molecule has 1 aliphatic rings. The lowest BCUT2D eigenvalue weighted by Crippen LogP contribution is -2.31. The number of hydrogen-bond donors (Lipinski definition) is 1. The molecule has 0 aliphatic carbocycles.